The number of rotatable bonds is 9. The van der Waals surface area contributed by atoms with Crippen LogP contribution < -0.4 is 25.6 Å². The highest BCUT2D eigenvalue weighted by Gasteiger charge is 2.29. The summed E-state index contributed by atoms with van der Waals surface area (Å²) in [6, 6.07) is 8.93. The molecular formula is C37H50N9O2P. The van der Waals surface area contributed by atoms with E-state index in [1.54, 1.807) is 32.8 Å². The van der Waals surface area contributed by atoms with E-state index < -0.39 is 7.14 Å². The maximum absolute atomic E-state index is 13.6. The molecule has 260 valence electrons. The van der Waals surface area contributed by atoms with Crippen LogP contribution in [0.5, 0.6) is 5.75 Å². The van der Waals surface area contributed by atoms with Crippen LogP contribution in [-0.2, 0) is 23.8 Å². The van der Waals surface area contributed by atoms with Crippen molar-refractivity contribution in [1.29, 1.82) is 0 Å². The number of ether oxygens (including phenoxy) is 1. The van der Waals surface area contributed by atoms with Gasteiger partial charge in [-0.25, -0.2) is 4.98 Å². The predicted octanol–water partition coefficient (Wildman–Crippen LogP) is 5.82. The highest BCUT2D eigenvalue weighted by Crippen LogP contribution is 2.42. The number of nitrogens with zero attached hydrogens (tertiary/aromatic N) is 7. The van der Waals surface area contributed by atoms with Crippen molar-refractivity contribution in [2.75, 3.05) is 82.3 Å². The van der Waals surface area contributed by atoms with Crippen LogP contribution in [-0.4, -0.2) is 103 Å². The molecule has 2 aromatic heterocycles. The lowest BCUT2D eigenvalue weighted by atomic mass is 9.96. The molecule has 4 aromatic rings. The number of hydrogen-bond donors (Lipinski definition) is 2. The van der Waals surface area contributed by atoms with Gasteiger partial charge in [0, 0.05) is 75.0 Å². The van der Waals surface area contributed by atoms with Gasteiger partial charge in [0.25, 0.3) is 0 Å². The summed E-state index contributed by atoms with van der Waals surface area (Å²) in [5, 5.41) is 7.81. The first-order chi connectivity index (χ1) is 23.7. The second kappa shape index (κ2) is 14.2. The SMILES string of the molecule is CCc1cc(Nc2nc3c(c(Nc4ccc5nccnc5c4P(C)(C)=O)n2)CCCC3)c(OC)cc1N1CCC(N2CCN(C)CC2)CC1. The Bertz CT molecular complexity index is 1860. The van der Waals surface area contributed by atoms with Crippen molar-refractivity contribution in [3.8, 4) is 5.75 Å². The molecule has 0 unspecified atom stereocenters. The van der Waals surface area contributed by atoms with E-state index in [1.165, 1.54) is 37.2 Å². The van der Waals surface area contributed by atoms with Gasteiger partial charge in [0.05, 0.1) is 35.0 Å². The number of nitrogens with one attached hydrogen (secondary N) is 2. The van der Waals surface area contributed by atoms with Gasteiger partial charge in [-0.15, -0.1) is 0 Å². The molecule has 49 heavy (non-hydrogen) atoms. The molecule has 3 aliphatic rings. The normalized spacial score (nSPS) is 18.0. The van der Waals surface area contributed by atoms with Gasteiger partial charge in [-0.3, -0.25) is 14.9 Å². The minimum absolute atomic E-state index is 0.516. The van der Waals surface area contributed by atoms with Crippen molar-refractivity contribution in [3.63, 3.8) is 0 Å². The van der Waals surface area contributed by atoms with Crippen molar-refractivity contribution in [2.24, 2.45) is 0 Å². The number of piperazine rings is 1. The fourth-order valence-electron chi connectivity index (χ4n) is 7.79. The second-order valence-electron chi connectivity index (χ2n) is 14.1. The largest absolute Gasteiger partial charge is 0.494 e. The number of methoxy groups -OCH3 is 1. The van der Waals surface area contributed by atoms with E-state index in [1.807, 2.05) is 12.1 Å². The first-order valence-corrected chi connectivity index (χ1v) is 20.4. The number of aromatic nitrogens is 4. The summed E-state index contributed by atoms with van der Waals surface area (Å²) in [7, 11) is 1.22. The maximum Gasteiger partial charge on any atom is 0.229 e. The number of aryl methyl sites for hydroxylation is 2. The summed E-state index contributed by atoms with van der Waals surface area (Å²) in [6.07, 6.45) is 10.5. The zero-order chi connectivity index (χ0) is 34.1. The zero-order valence-electron chi connectivity index (χ0n) is 29.6. The minimum Gasteiger partial charge on any atom is -0.494 e. The van der Waals surface area contributed by atoms with E-state index in [2.05, 4.69) is 61.4 Å². The zero-order valence-corrected chi connectivity index (χ0v) is 30.5. The molecule has 2 fully saturated rings. The Kier molecular flexibility index (Phi) is 9.77. The Balaban J connectivity index is 1.17. The Labute approximate surface area is 290 Å². The number of fused-ring (bicyclic) bond motifs is 2. The molecule has 2 aromatic carbocycles. The van der Waals surface area contributed by atoms with Gasteiger partial charge >= 0.3 is 0 Å². The third-order valence-corrected chi connectivity index (χ3v) is 12.0. The van der Waals surface area contributed by atoms with Crippen LogP contribution in [0.4, 0.5) is 28.8 Å². The third-order valence-electron chi connectivity index (χ3n) is 10.5. The second-order valence-corrected chi connectivity index (χ2v) is 17.3. The molecule has 11 nitrogen and oxygen atoms in total. The Morgan fingerprint density at radius 2 is 1.67 bits per heavy atom. The number of likely N-dealkylation sites (N-methyl/N-ethyl adjacent to an activating group) is 1. The first-order valence-electron chi connectivity index (χ1n) is 17.8. The summed E-state index contributed by atoms with van der Waals surface area (Å²) in [5.41, 5.74) is 7.66. The highest BCUT2D eigenvalue weighted by atomic mass is 31.2. The first kappa shape index (κ1) is 33.7. The number of piperidine rings is 1. The fourth-order valence-corrected chi connectivity index (χ4v) is 9.18. The van der Waals surface area contributed by atoms with Gasteiger partial charge in [0.2, 0.25) is 5.95 Å². The van der Waals surface area contributed by atoms with E-state index in [4.69, 9.17) is 14.7 Å². The van der Waals surface area contributed by atoms with Crippen molar-refractivity contribution < 1.29 is 9.30 Å². The van der Waals surface area contributed by atoms with Crippen LogP contribution in [0.2, 0.25) is 0 Å². The number of benzene rings is 2. The molecule has 0 spiro atoms. The molecule has 7 rings (SSSR count). The molecule has 12 heteroatoms. The maximum atomic E-state index is 13.6. The molecule has 4 heterocycles. The van der Waals surface area contributed by atoms with E-state index in [-0.39, 0.29) is 0 Å². The monoisotopic (exact) mass is 683 g/mol. The smallest absolute Gasteiger partial charge is 0.229 e. The summed E-state index contributed by atoms with van der Waals surface area (Å²) in [5.74, 6) is 2.03. The van der Waals surface area contributed by atoms with Gasteiger partial charge in [-0.2, -0.15) is 4.98 Å². The standard InChI is InChI=1S/C37H50N9O2P/c1-6-25-23-31(33(48-3)24-32(25)46-17-13-26(14-18-46)45-21-19-44(2)20-22-45)42-37-41-28-10-8-7-9-27(28)36(43-37)40-30-12-11-29-34(39-16-15-38-29)35(30)49(4,5)47/h11-12,15-16,23-24,26H,6-10,13-14,17-22H2,1-5H3,(H2,40,41,42,43). The van der Waals surface area contributed by atoms with E-state index in [9.17, 15) is 4.57 Å². The highest BCUT2D eigenvalue weighted by molar-refractivity contribution is 7.71. The topological polar surface area (TPSA) is 112 Å². The fraction of sp³-hybridized carbons (Fsp3) is 0.514. The van der Waals surface area contributed by atoms with Crippen LogP contribution in [0.3, 0.4) is 0 Å². The van der Waals surface area contributed by atoms with Crippen molar-refractivity contribution in [3.05, 3.63) is 53.5 Å². The minimum atomic E-state index is -2.73. The molecule has 2 saturated heterocycles. The van der Waals surface area contributed by atoms with Gasteiger partial charge < -0.3 is 29.7 Å². The third kappa shape index (κ3) is 7.12. The van der Waals surface area contributed by atoms with Crippen LogP contribution in [0.25, 0.3) is 11.0 Å². The molecule has 0 saturated carbocycles. The lowest BCUT2D eigenvalue weighted by Crippen LogP contribution is -2.52. The molecular weight excluding hydrogens is 633 g/mol. The van der Waals surface area contributed by atoms with Gasteiger partial charge in [0.15, 0.2) is 0 Å². The lowest BCUT2D eigenvalue weighted by molar-refractivity contribution is 0.0982. The van der Waals surface area contributed by atoms with Gasteiger partial charge in [-0.1, -0.05) is 6.92 Å². The van der Waals surface area contributed by atoms with Crippen molar-refractivity contribution in [1.82, 2.24) is 29.7 Å². The van der Waals surface area contributed by atoms with Crippen LogP contribution in [0.1, 0.15) is 49.4 Å². The van der Waals surface area contributed by atoms with E-state index >= 15 is 0 Å². The number of anilines is 5. The van der Waals surface area contributed by atoms with E-state index in [0.29, 0.717) is 22.8 Å². The Morgan fingerprint density at radius 3 is 2.41 bits per heavy atom. The summed E-state index contributed by atoms with van der Waals surface area (Å²) in [6.45, 7) is 12.5. The molecule has 0 amide bonds. The molecule has 1 aliphatic carbocycles. The Hall–Kier alpha value is -3.79. The van der Waals surface area contributed by atoms with Crippen LogP contribution >= 0.6 is 7.14 Å². The van der Waals surface area contributed by atoms with Crippen molar-refractivity contribution in [2.45, 2.75) is 57.9 Å². The van der Waals surface area contributed by atoms with Crippen molar-refractivity contribution >= 4 is 52.3 Å². The molecule has 0 radical (unpaired) electrons. The molecule has 2 N–H and O–H groups in total. The quantitative estimate of drug-likeness (QED) is 0.208. The summed E-state index contributed by atoms with van der Waals surface area (Å²) in [4.78, 5) is 26.8. The summed E-state index contributed by atoms with van der Waals surface area (Å²) < 4.78 is 19.6. The summed E-state index contributed by atoms with van der Waals surface area (Å²) >= 11 is 0. The van der Waals surface area contributed by atoms with Crippen LogP contribution in [0.15, 0.2) is 36.7 Å². The molecule has 0 atom stereocenters. The average Bonchev–Trinajstić information content (AvgIpc) is 3.11. The Morgan fingerprint density at radius 1 is 0.918 bits per heavy atom. The van der Waals surface area contributed by atoms with Gasteiger partial charge in [-0.05, 0) is 89.1 Å². The van der Waals surface area contributed by atoms with Gasteiger partial charge in [0.1, 0.15) is 24.2 Å². The predicted molar refractivity (Wildman–Crippen MR) is 201 cm³/mol. The number of hydrogen-bond acceptors (Lipinski definition) is 11. The molecule has 0 bridgehead atoms. The van der Waals surface area contributed by atoms with Crippen LogP contribution in [0, 0.1) is 0 Å². The average molecular weight is 684 g/mol. The molecule has 2 aliphatic heterocycles. The van der Waals surface area contributed by atoms with E-state index in [0.717, 1.165) is 98.0 Å². The lowest BCUT2D eigenvalue weighted by Gasteiger charge is -2.43.